The second-order valence-electron chi connectivity index (χ2n) is 17.8. The standard InChI is InChI=1S/C58H56IS2.3ClHO4/c1-39-9-29-55(43(5)33-39)60(56-30-10-40(2)34-44(56)6)53-25-17-49(18-26-53)37-47-13-21-51(22-14-47)59-52-23-15-48(16-24-52)38-50-19-27-54(28-20-50)61(57-31-11-41(3)35-45(57)7)58-32-12-42(4)36-46(58)8;3*2-1(3,4)5/h9-36H,37-38H2,1-8H3;3*(H,2,3,4,5)/q+3;;;/p-3. The molecule has 12 nitrogen and oxygen atoms in total. The van der Waals surface area contributed by atoms with E-state index in [-0.39, 0.29) is 43.0 Å². The molecule has 0 N–H and O–H groups in total. The van der Waals surface area contributed by atoms with Gasteiger partial charge in [-0.2, -0.15) is 0 Å². The molecule has 0 heterocycles. The summed E-state index contributed by atoms with van der Waals surface area (Å²) in [4.78, 5) is 8.40. The highest BCUT2D eigenvalue weighted by Crippen LogP contribution is 2.37. The van der Waals surface area contributed by atoms with E-state index in [9.17, 15) is 0 Å². The van der Waals surface area contributed by atoms with Crippen molar-refractivity contribution in [1.82, 2.24) is 0 Å². The third-order valence-electron chi connectivity index (χ3n) is 11.4. The van der Waals surface area contributed by atoms with Crippen molar-refractivity contribution < 1.29 is 108 Å². The Hall–Kier alpha value is -4.42. The van der Waals surface area contributed by atoms with Gasteiger partial charge in [0.1, 0.15) is 0 Å². The van der Waals surface area contributed by atoms with Gasteiger partial charge in [0.15, 0.2) is 36.5 Å². The molecule has 0 aliphatic rings. The summed E-state index contributed by atoms with van der Waals surface area (Å²) in [5.41, 5.74) is 16.1. The van der Waals surface area contributed by atoms with Crippen molar-refractivity contribution in [3.63, 3.8) is 0 Å². The van der Waals surface area contributed by atoms with E-state index >= 15 is 0 Å². The average Bonchev–Trinajstić information content (AvgIpc) is 3.30. The molecular formula is C58H56Cl3IO12S2. The highest BCUT2D eigenvalue weighted by atomic mass is 127. The van der Waals surface area contributed by atoms with E-state index in [4.69, 9.17) is 55.9 Å². The van der Waals surface area contributed by atoms with E-state index in [0.29, 0.717) is 0 Å². The van der Waals surface area contributed by atoms with Gasteiger partial charge >= 0.3 is 21.2 Å². The first kappa shape index (κ1) is 62.4. The Bertz CT molecular complexity index is 2800. The van der Waals surface area contributed by atoms with Crippen LogP contribution in [0.3, 0.4) is 0 Å². The first-order valence-corrected chi connectivity index (χ1v) is 31.4. The zero-order valence-electron chi connectivity index (χ0n) is 42.8. The minimum Gasteiger partial charge on any atom is -0.222 e. The molecule has 0 aromatic heterocycles. The van der Waals surface area contributed by atoms with E-state index in [2.05, 4.69) is 225 Å². The number of aryl methyl sites for hydroxylation is 8. The van der Waals surface area contributed by atoms with Crippen molar-refractivity contribution in [2.24, 2.45) is 0 Å². The maximum Gasteiger partial charge on any atom is 0.357 e. The molecule has 400 valence electrons. The van der Waals surface area contributed by atoms with Crippen molar-refractivity contribution in [3.8, 4) is 0 Å². The van der Waals surface area contributed by atoms with Crippen molar-refractivity contribution in [2.45, 2.75) is 97.6 Å². The van der Waals surface area contributed by atoms with Crippen molar-refractivity contribution >= 4 is 21.8 Å². The van der Waals surface area contributed by atoms with Crippen LogP contribution in [0.5, 0.6) is 0 Å². The Morgan fingerprint density at radius 3 is 0.684 bits per heavy atom. The molecule has 0 bridgehead atoms. The van der Waals surface area contributed by atoms with Crippen LogP contribution in [-0.4, -0.2) is 0 Å². The highest BCUT2D eigenvalue weighted by Gasteiger charge is 2.33. The quantitative estimate of drug-likeness (QED) is 0.0899. The zero-order valence-corrected chi connectivity index (χ0v) is 48.9. The predicted octanol–water partition coefficient (Wildman–Crippen LogP) is -2.61. The molecule has 76 heavy (non-hydrogen) atoms. The molecule has 0 saturated carbocycles. The lowest BCUT2D eigenvalue weighted by Gasteiger charge is -2.17. The molecule has 0 fully saturated rings. The van der Waals surface area contributed by atoms with Gasteiger partial charge < -0.3 is 0 Å². The normalized spacial score (nSPS) is 11.6. The minimum atomic E-state index is -4.94. The Kier molecular flexibility index (Phi) is 23.0. The van der Waals surface area contributed by atoms with Crippen LogP contribution in [0.25, 0.3) is 0 Å². The summed E-state index contributed by atoms with van der Waals surface area (Å²) in [5, 5.41) is 0. The highest BCUT2D eigenvalue weighted by molar-refractivity contribution is 7.97. The van der Waals surface area contributed by atoms with Gasteiger partial charge in [0, 0.05) is 22.3 Å². The fourth-order valence-electron chi connectivity index (χ4n) is 8.27. The van der Waals surface area contributed by atoms with Crippen LogP contribution in [0.4, 0.5) is 0 Å². The average molecular weight is 1240 g/mol. The molecule has 0 radical (unpaired) electrons. The molecule has 8 rings (SSSR count). The van der Waals surface area contributed by atoms with Crippen LogP contribution in [-0.2, 0) is 34.6 Å². The first-order chi connectivity index (χ1) is 35.5. The lowest BCUT2D eigenvalue weighted by Crippen LogP contribution is -3.61. The van der Waals surface area contributed by atoms with Gasteiger partial charge in [-0.15, -0.1) is 30.7 Å². The topological polar surface area (TPSA) is 277 Å². The second kappa shape index (κ2) is 27.9. The monoisotopic (exact) mass is 1240 g/mol. The minimum absolute atomic E-state index is 0.158. The molecular weight excluding hydrogens is 1190 g/mol. The van der Waals surface area contributed by atoms with E-state index in [1.54, 1.807) is 0 Å². The zero-order chi connectivity index (χ0) is 56.1. The van der Waals surface area contributed by atoms with Crippen molar-refractivity contribution in [2.75, 3.05) is 0 Å². The third-order valence-corrected chi connectivity index (χ3v) is 19.1. The molecule has 0 saturated heterocycles. The number of halogens is 4. The summed E-state index contributed by atoms with van der Waals surface area (Å²) >= 11 is -0.250. The van der Waals surface area contributed by atoms with Crippen LogP contribution in [0.15, 0.2) is 199 Å². The van der Waals surface area contributed by atoms with E-state index in [1.165, 1.54) is 103 Å². The fraction of sp³-hybridized carbons (Fsp3) is 0.172. The summed E-state index contributed by atoms with van der Waals surface area (Å²) in [6.07, 6.45) is 1.88. The van der Waals surface area contributed by atoms with Crippen molar-refractivity contribution in [1.29, 1.82) is 0 Å². The molecule has 0 unspecified atom stereocenters. The Morgan fingerprint density at radius 2 is 0.487 bits per heavy atom. The van der Waals surface area contributed by atoms with Gasteiger partial charge in [-0.3, -0.25) is 0 Å². The molecule has 0 amide bonds. The first-order valence-electron chi connectivity index (χ1n) is 23.1. The molecule has 0 atom stereocenters. The SMILES string of the molecule is Cc1ccc([S+](c2ccc(Cc3ccc([I+]c4ccc(Cc5ccc([S+](c6ccc(C)cc6C)c6ccc(C)cc6C)cc5)cc4)cc3)cc2)c2ccc(C)cc2C)c(C)c1.[O-][Cl+3]([O-])([O-])[O-].[O-][Cl+3]([O-])([O-])[O-].[O-][Cl+3]([O-])([O-])[O-]. The fourth-order valence-corrected chi connectivity index (χ4v) is 15.1. The third kappa shape index (κ3) is 21.4. The van der Waals surface area contributed by atoms with Crippen LogP contribution >= 0.6 is 0 Å². The van der Waals surface area contributed by atoms with Gasteiger partial charge in [-0.25, -0.2) is 55.9 Å². The number of hydrogen-bond donors (Lipinski definition) is 0. The van der Waals surface area contributed by atoms with Gasteiger partial charge in [0.05, 0.1) is 21.8 Å². The summed E-state index contributed by atoms with van der Waals surface area (Å²) in [6.45, 7) is 17.8. The summed E-state index contributed by atoms with van der Waals surface area (Å²) in [7, 11) is -15.1. The van der Waals surface area contributed by atoms with Gasteiger partial charge in [0.25, 0.3) is 0 Å². The maximum absolute atomic E-state index is 8.49. The predicted molar refractivity (Wildman–Crippen MR) is 257 cm³/mol. The molecule has 8 aromatic rings. The lowest BCUT2D eigenvalue weighted by atomic mass is 10.1. The van der Waals surface area contributed by atoms with Crippen molar-refractivity contribution in [3.05, 3.63) is 244 Å². The van der Waals surface area contributed by atoms with Crippen LogP contribution in [0.2, 0.25) is 0 Å². The molecule has 18 heteroatoms. The maximum atomic E-state index is 8.49. The largest absolute Gasteiger partial charge is 0.357 e. The van der Waals surface area contributed by atoms with Gasteiger partial charge in [-0.05, 0) is 163 Å². The molecule has 0 aliphatic carbocycles. The van der Waals surface area contributed by atoms with Crippen LogP contribution in [0, 0.1) is 93.3 Å². The Balaban J connectivity index is 0.000000627. The lowest BCUT2D eigenvalue weighted by molar-refractivity contribution is -2.00. The summed E-state index contributed by atoms with van der Waals surface area (Å²) in [5.74, 6) is 0. The molecule has 0 spiro atoms. The van der Waals surface area contributed by atoms with Crippen LogP contribution in [0.1, 0.15) is 66.8 Å². The van der Waals surface area contributed by atoms with E-state index < -0.39 is 30.7 Å². The smallest absolute Gasteiger partial charge is 0.222 e. The Morgan fingerprint density at radius 1 is 0.289 bits per heavy atom. The van der Waals surface area contributed by atoms with E-state index in [1.807, 2.05) is 0 Å². The number of rotatable bonds is 12. The number of hydrogen-bond acceptors (Lipinski definition) is 12. The number of benzene rings is 8. The molecule has 0 aliphatic heterocycles. The van der Waals surface area contributed by atoms with Crippen LogP contribution < -0.4 is 77.1 Å². The molecule has 8 aromatic carbocycles. The Labute approximate surface area is 467 Å². The summed E-state index contributed by atoms with van der Waals surface area (Å²) in [6, 6.07) is 65.3. The van der Waals surface area contributed by atoms with E-state index in [0.717, 1.165) is 12.8 Å². The second-order valence-corrected chi connectivity index (χ2v) is 27.0. The summed E-state index contributed by atoms with van der Waals surface area (Å²) < 4.78 is 105. The van der Waals surface area contributed by atoms with Gasteiger partial charge in [0.2, 0.25) is 0 Å². The van der Waals surface area contributed by atoms with Gasteiger partial charge in [-0.1, -0.05) is 119 Å².